The minimum atomic E-state index is 0.125. The van der Waals surface area contributed by atoms with E-state index in [1.54, 1.807) is 0 Å². The zero-order valence-electron chi connectivity index (χ0n) is 12.2. The van der Waals surface area contributed by atoms with Crippen LogP contribution >= 0.6 is 0 Å². The van der Waals surface area contributed by atoms with Crippen LogP contribution in [0.1, 0.15) is 52.4 Å². The fourth-order valence-electron chi connectivity index (χ4n) is 3.09. The topological polar surface area (TPSA) is 53.5 Å². The van der Waals surface area contributed by atoms with Crippen molar-refractivity contribution in [2.45, 2.75) is 52.4 Å². The van der Waals surface area contributed by atoms with Crippen LogP contribution in [0.15, 0.2) is 5.10 Å². The van der Waals surface area contributed by atoms with Crippen molar-refractivity contribution in [3.05, 3.63) is 0 Å². The van der Waals surface area contributed by atoms with Crippen LogP contribution < -0.4 is 10.7 Å². The van der Waals surface area contributed by atoms with Crippen molar-refractivity contribution >= 4 is 11.6 Å². The summed E-state index contributed by atoms with van der Waals surface area (Å²) in [4.78, 5) is 12.1. The maximum Gasteiger partial charge on any atom is 0.243 e. The molecule has 0 aromatic rings. The molecule has 1 saturated carbocycles. The molecule has 2 N–H and O–H groups in total. The molecule has 0 radical (unpaired) electrons. The average Bonchev–Trinajstić information content (AvgIpc) is 2.46. The van der Waals surface area contributed by atoms with Crippen LogP contribution in [-0.4, -0.2) is 24.7 Å². The number of hydrogen-bond donors (Lipinski definition) is 2. The quantitative estimate of drug-likeness (QED) is 0.608. The third-order valence-electron chi connectivity index (χ3n) is 4.66. The van der Waals surface area contributed by atoms with Crippen LogP contribution in [0.25, 0.3) is 0 Å². The van der Waals surface area contributed by atoms with E-state index in [1.165, 1.54) is 12.8 Å². The molecule has 1 amide bonds. The van der Waals surface area contributed by atoms with Crippen LogP contribution in [-0.2, 0) is 4.79 Å². The van der Waals surface area contributed by atoms with E-state index in [2.05, 4.69) is 22.8 Å². The Morgan fingerprint density at radius 3 is 2.32 bits per heavy atom. The maximum absolute atomic E-state index is 12.1. The highest BCUT2D eigenvalue weighted by Gasteiger charge is 2.24. The van der Waals surface area contributed by atoms with Crippen LogP contribution in [0.5, 0.6) is 0 Å². The summed E-state index contributed by atoms with van der Waals surface area (Å²) in [5, 5.41) is 7.68. The Hall–Kier alpha value is -0.900. The first-order valence-electron chi connectivity index (χ1n) is 7.71. The van der Waals surface area contributed by atoms with Crippen LogP contribution in [0.2, 0.25) is 0 Å². The van der Waals surface area contributed by atoms with Crippen LogP contribution in [0, 0.1) is 17.8 Å². The summed E-state index contributed by atoms with van der Waals surface area (Å²) in [5.74, 6) is 1.62. The SMILES string of the molecule is C/C(=N\NC(=O)C1CCC(C)CC1)C1CCNCC1. The van der Waals surface area contributed by atoms with Gasteiger partial charge in [0.2, 0.25) is 5.91 Å². The van der Waals surface area contributed by atoms with Gasteiger partial charge in [-0.05, 0) is 64.5 Å². The van der Waals surface area contributed by atoms with Crippen molar-refractivity contribution in [1.29, 1.82) is 0 Å². The zero-order chi connectivity index (χ0) is 13.7. The summed E-state index contributed by atoms with van der Waals surface area (Å²) in [5.41, 5.74) is 3.88. The molecule has 1 aliphatic heterocycles. The molecule has 0 spiro atoms. The lowest BCUT2D eigenvalue weighted by Gasteiger charge is -2.25. The molecule has 2 rings (SSSR count). The first-order chi connectivity index (χ1) is 9.16. The third kappa shape index (κ3) is 4.30. The molecule has 1 heterocycles. The Labute approximate surface area is 116 Å². The van der Waals surface area contributed by atoms with Gasteiger partial charge in [-0.15, -0.1) is 0 Å². The summed E-state index contributed by atoms with van der Waals surface area (Å²) >= 11 is 0. The highest BCUT2D eigenvalue weighted by Crippen LogP contribution is 2.28. The van der Waals surface area contributed by atoms with Crippen LogP contribution in [0.3, 0.4) is 0 Å². The van der Waals surface area contributed by atoms with Gasteiger partial charge in [-0.3, -0.25) is 4.79 Å². The predicted molar refractivity (Wildman–Crippen MR) is 78.0 cm³/mol. The van der Waals surface area contributed by atoms with Crippen molar-refractivity contribution in [3.8, 4) is 0 Å². The fraction of sp³-hybridized carbons (Fsp3) is 0.867. The Morgan fingerprint density at radius 1 is 1.05 bits per heavy atom. The van der Waals surface area contributed by atoms with Gasteiger partial charge in [-0.2, -0.15) is 5.10 Å². The lowest BCUT2D eigenvalue weighted by Crippen LogP contribution is -2.34. The first kappa shape index (κ1) is 14.5. The van der Waals surface area contributed by atoms with E-state index in [0.717, 1.165) is 50.4 Å². The van der Waals surface area contributed by atoms with Gasteiger partial charge in [0.25, 0.3) is 0 Å². The molecule has 108 valence electrons. The van der Waals surface area contributed by atoms with Gasteiger partial charge in [-0.1, -0.05) is 6.92 Å². The molecule has 0 bridgehead atoms. The number of carbonyl (C=O) groups excluding carboxylic acids is 1. The van der Waals surface area contributed by atoms with Gasteiger partial charge in [0.15, 0.2) is 0 Å². The molecule has 19 heavy (non-hydrogen) atoms. The molecule has 2 aliphatic rings. The highest BCUT2D eigenvalue weighted by molar-refractivity contribution is 5.86. The molecular formula is C15H27N3O. The molecule has 0 aromatic carbocycles. The van der Waals surface area contributed by atoms with Crippen LogP contribution in [0.4, 0.5) is 0 Å². The number of rotatable bonds is 3. The number of hydrazone groups is 1. The number of nitrogens with zero attached hydrogens (tertiary/aromatic N) is 1. The molecular weight excluding hydrogens is 238 g/mol. The van der Waals surface area contributed by atoms with E-state index < -0.39 is 0 Å². The summed E-state index contributed by atoms with van der Waals surface area (Å²) < 4.78 is 0. The van der Waals surface area contributed by atoms with Crippen molar-refractivity contribution in [2.75, 3.05) is 13.1 Å². The highest BCUT2D eigenvalue weighted by atomic mass is 16.2. The van der Waals surface area contributed by atoms with E-state index in [1.807, 2.05) is 6.92 Å². The third-order valence-corrected chi connectivity index (χ3v) is 4.66. The predicted octanol–water partition coefficient (Wildman–Crippen LogP) is 2.30. The van der Waals surface area contributed by atoms with Gasteiger partial charge >= 0.3 is 0 Å². The van der Waals surface area contributed by atoms with E-state index in [4.69, 9.17) is 0 Å². The average molecular weight is 265 g/mol. The maximum atomic E-state index is 12.1. The van der Waals surface area contributed by atoms with Crippen molar-refractivity contribution in [1.82, 2.24) is 10.7 Å². The first-order valence-corrected chi connectivity index (χ1v) is 7.71. The Balaban J connectivity index is 1.78. The lowest BCUT2D eigenvalue weighted by atomic mass is 9.83. The minimum absolute atomic E-state index is 0.125. The van der Waals surface area contributed by atoms with E-state index in [9.17, 15) is 4.79 Å². The Bertz CT molecular complexity index is 326. The standard InChI is InChI=1S/C15H27N3O/c1-11-3-5-14(6-4-11)15(19)18-17-12(2)13-7-9-16-10-8-13/h11,13-14,16H,3-10H2,1-2H3,(H,18,19)/b17-12+. The molecule has 2 fully saturated rings. The van der Waals surface area contributed by atoms with Crippen molar-refractivity contribution in [2.24, 2.45) is 22.9 Å². The smallest absolute Gasteiger partial charge is 0.243 e. The molecule has 4 nitrogen and oxygen atoms in total. The normalized spacial score (nSPS) is 30.1. The molecule has 1 saturated heterocycles. The Kier molecular flexibility index (Phi) is 5.37. The van der Waals surface area contributed by atoms with E-state index in [-0.39, 0.29) is 11.8 Å². The number of piperidine rings is 1. The van der Waals surface area contributed by atoms with Gasteiger partial charge in [0.1, 0.15) is 0 Å². The summed E-state index contributed by atoms with van der Waals surface area (Å²) in [6.07, 6.45) is 6.66. The van der Waals surface area contributed by atoms with Crippen molar-refractivity contribution < 1.29 is 4.79 Å². The molecule has 0 aromatic heterocycles. The molecule has 0 atom stereocenters. The number of nitrogens with one attached hydrogen (secondary N) is 2. The van der Waals surface area contributed by atoms with Crippen molar-refractivity contribution in [3.63, 3.8) is 0 Å². The number of hydrogen-bond acceptors (Lipinski definition) is 3. The summed E-state index contributed by atoms with van der Waals surface area (Å²) in [6, 6.07) is 0. The minimum Gasteiger partial charge on any atom is -0.317 e. The van der Waals surface area contributed by atoms with Gasteiger partial charge in [-0.25, -0.2) is 5.43 Å². The molecule has 1 aliphatic carbocycles. The fourth-order valence-corrected chi connectivity index (χ4v) is 3.09. The second kappa shape index (κ2) is 7.04. The summed E-state index contributed by atoms with van der Waals surface area (Å²) in [7, 11) is 0. The second-order valence-corrected chi connectivity index (χ2v) is 6.21. The van der Waals surface area contributed by atoms with Gasteiger partial charge in [0.05, 0.1) is 0 Å². The molecule has 0 unspecified atom stereocenters. The largest absolute Gasteiger partial charge is 0.317 e. The van der Waals surface area contributed by atoms with E-state index >= 15 is 0 Å². The summed E-state index contributed by atoms with van der Waals surface area (Å²) in [6.45, 7) is 6.44. The van der Waals surface area contributed by atoms with Gasteiger partial charge in [0, 0.05) is 17.5 Å². The lowest BCUT2D eigenvalue weighted by molar-refractivity contribution is -0.126. The zero-order valence-corrected chi connectivity index (χ0v) is 12.2. The number of carbonyl (C=O) groups is 1. The number of amides is 1. The van der Waals surface area contributed by atoms with E-state index in [0.29, 0.717) is 5.92 Å². The monoisotopic (exact) mass is 265 g/mol. The second-order valence-electron chi connectivity index (χ2n) is 6.21. The molecule has 4 heteroatoms. The Morgan fingerprint density at radius 2 is 1.68 bits per heavy atom. The van der Waals surface area contributed by atoms with Gasteiger partial charge < -0.3 is 5.32 Å².